The molecule has 0 aromatic heterocycles. The first-order chi connectivity index (χ1) is 14.9. The van der Waals surface area contributed by atoms with Crippen LogP contribution in [0.1, 0.15) is 5.56 Å². The number of sulfonamides is 1. The fraction of sp³-hybridized carbons (Fsp3) is 0.0909. The molecule has 0 radical (unpaired) electrons. The summed E-state index contributed by atoms with van der Waals surface area (Å²) in [6, 6.07) is 19.8. The number of amides is 1. The van der Waals surface area contributed by atoms with E-state index in [-0.39, 0.29) is 16.4 Å². The molecule has 7 nitrogen and oxygen atoms in total. The SMILES string of the molecule is COc1ccccc1N(CC(=O)N/N=C\c1ccc(F)cc1)S(=O)(=O)c1ccccc1. The van der Waals surface area contributed by atoms with Crippen molar-refractivity contribution in [3.8, 4) is 5.75 Å². The van der Waals surface area contributed by atoms with Crippen LogP contribution in [0.2, 0.25) is 0 Å². The van der Waals surface area contributed by atoms with E-state index in [1.807, 2.05) is 0 Å². The Morgan fingerprint density at radius 3 is 2.35 bits per heavy atom. The Labute approximate surface area is 179 Å². The van der Waals surface area contributed by atoms with Gasteiger partial charge >= 0.3 is 0 Å². The lowest BCUT2D eigenvalue weighted by Gasteiger charge is -2.25. The van der Waals surface area contributed by atoms with E-state index in [1.165, 1.54) is 49.7 Å². The number of nitrogens with one attached hydrogen (secondary N) is 1. The summed E-state index contributed by atoms with van der Waals surface area (Å²) in [5, 5.41) is 3.82. The molecule has 3 rings (SSSR count). The first kappa shape index (κ1) is 22.0. The maximum Gasteiger partial charge on any atom is 0.264 e. The third-order valence-corrected chi connectivity index (χ3v) is 6.02. The Morgan fingerprint density at radius 1 is 1.03 bits per heavy atom. The summed E-state index contributed by atoms with van der Waals surface area (Å²) in [5.74, 6) is -0.756. The summed E-state index contributed by atoms with van der Waals surface area (Å²) in [4.78, 5) is 12.5. The van der Waals surface area contributed by atoms with Crippen molar-refractivity contribution in [2.75, 3.05) is 18.0 Å². The van der Waals surface area contributed by atoms with Crippen LogP contribution in [-0.4, -0.2) is 34.2 Å². The second kappa shape index (κ2) is 9.86. The second-order valence-corrected chi connectivity index (χ2v) is 8.20. The van der Waals surface area contributed by atoms with Gasteiger partial charge in [-0.05, 0) is 42.0 Å². The zero-order valence-electron chi connectivity index (χ0n) is 16.6. The fourth-order valence-electron chi connectivity index (χ4n) is 2.75. The monoisotopic (exact) mass is 441 g/mol. The molecule has 0 aliphatic carbocycles. The number of hydrogen-bond acceptors (Lipinski definition) is 5. The Balaban J connectivity index is 1.86. The van der Waals surface area contributed by atoms with Crippen LogP contribution in [0.3, 0.4) is 0 Å². The van der Waals surface area contributed by atoms with E-state index in [0.717, 1.165) is 4.31 Å². The van der Waals surface area contributed by atoms with Gasteiger partial charge in [0.2, 0.25) is 0 Å². The largest absolute Gasteiger partial charge is 0.495 e. The maximum absolute atomic E-state index is 13.3. The highest BCUT2D eigenvalue weighted by Gasteiger charge is 2.29. The molecule has 0 fully saturated rings. The van der Waals surface area contributed by atoms with Crippen molar-refractivity contribution in [1.82, 2.24) is 5.43 Å². The molecule has 0 aliphatic heterocycles. The summed E-state index contributed by atoms with van der Waals surface area (Å²) in [6.45, 7) is -0.529. The zero-order valence-corrected chi connectivity index (χ0v) is 17.4. The van der Waals surface area contributed by atoms with Gasteiger partial charge in [0, 0.05) is 0 Å². The third kappa shape index (κ3) is 5.46. The number of rotatable bonds is 8. The van der Waals surface area contributed by atoms with E-state index in [9.17, 15) is 17.6 Å². The van der Waals surface area contributed by atoms with E-state index in [0.29, 0.717) is 11.3 Å². The third-order valence-electron chi connectivity index (χ3n) is 4.25. The van der Waals surface area contributed by atoms with Gasteiger partial charge in [0.15, 0.2) is 0 Å². The Bertz CT molecular complexity index is 1170. The number of carbonyl (C=O) groups excluding carboxylic acids is 1. The lowest BCUT2D eigenvalue weighted by atomic mass is 10.2. The molecular weight excluding hydrogens is 421 g/mol. The average Bonchev–Trinajstić information content (AvgIpc) is 2.79. The van der Waals surface area contributed by atoms with Gasteiger partial charge in [-0.15, -0.1) is 0 Å². The molecule has 1 amide bonds. The summed E-state index contributed by atoms with van der Waals surface area (Å²) in [7, 11) is -2.65. The molecule has 0 saturated heterocycles. The highest BCUT2D eigenvalue weighted by Crippen LogP contribution is 2.31. The van der Waals surface area contributed by atoms with Crippen LogP contribution in [0.15, 0.2) is 88.9 Å². The number of methoxy groups -OCH3 is 1. The Kier molecular flexibility index (Phi) is 6.99. The highest BCUT2D eigenvalue weighted by molar-refractivity contribution is 7.92. The number of para-hydroxylation sites is 2. The maximum atomic E-state index is 13.3. The van der Waals surface area contributed by atoms with Gasteiger partial charge in [0.05, 0.1) is 23.9 Å². The molecule has 0 heterocycles. The van der Waals surface area contributed by atoms with Crippen molar-refractivity contribution in [2.45, 2.75) is 4.90 Å². The van der Waals surface area contributed by atoms with Crippen molar-refractivity contribution in [2.24, 2.45) is 5.10 Å². The van der Waals surface area contributed by atoms with Crippen LogP contribution in [-0.2, 0) is 14.8 Å². The predicted molar refractivity (Wildman–Crippen MR) is 116 cm³/mol. The number of nitrogens with zero attached hydrogens (tertiary/aromatic N) is 2. The molecule has 0 aliphatic rings. The van der Waals surface area contributed by atoms with Gasteiger partial charge < -0.3 is 4.74 Å². The van der Waals surface area contributed by atoms with Gasteiger partial charge in [-0.1, -0.05) is 42.5 Å². The minimum Gasteiger partial charge on any atom is -0.495 e. The van der Waals surface area contributed by atoms with Crippen LogP contribution in [0.5, 0.6) is 5.75 Å². The lowest BCUT2D eigenvalue weighted by molar-refractivity contribution is -0.119. The number of anilines is 1. The average molecular weight is 441 g/mol. The molecule has 0 spiro atoms. The lowest BCUT2D eigenvalue weighted by Crippen LogP contribution is -2.39. The standard InChI is InChI=1S/C22H20FN3O4S/c1-30-21-10-6-5-9-20(21)26(31(28,29)19-7-3-2-4-8-19)16-22(27)25-24-15-17-11-13-18(23)14-12-17/h2-15H,16H2,1H3,(H,25,27)/b24-15-. The van der Waals surface area contributed by atoms with Crippen LogP contribution < -0.4 is 14.5 Å². The second-order valence-electron chi connectivity index (χ2n) is 6.34. The number of halogens is 1. The number of ether oxygens (including phenoxy) is 1. The van der Waals surface area contributed by atoms with E-state index in [4.69, 9.17) is 4.74 Å². The van der Waals surface area contributed by atoms with E-state index in [1.54, 1.807) is 42.5 Å². The zero-order chi connectivity index (χ0) is 22.3. The van der Waals surface area contributed by atoms with Gasteiger partial charge in [-0.25, -0.2) is 18.2 Å². The minimum absolute atomic E-state index is 0.0310. The van der Waals surface area contributed by atoms with Crippen LogP contribution >= 0.6 is 0 Å². The Morgan fingerprint density at radius 2 is 1.68 bits per heavy atom. The van der Waals surface area contributed by atoms with Gasteiger partial charge in [0.25, 0.3) is 15.9 Å². The van der Waals surface area contributed by atoms with Crippen LogP contribution in [0.4, 0.5) is 10.1 Å². The first-order valence-corrected chi connectivity index (χ1v) is 10.6. The number of hydrogen-bond donors (Lipinski definition) is 1. The summed E-state index contributed by atoms with van der Waals surface area (Å²) >= 11 is 0. The van der Waals surface area contributed by atoms with Gasteiger partial charge in [-0.2, -0.15) is 5.10 Å². The van der Waals surface area contributed by atoms with Crippen LogP contribution in [0, 0.1) is 5.82 Å². The molecule has 0 bridgehead atoms. The molecule has 9 heteroatoms. The normalized spacial score (nSPS) is 11.3. The molecule has 1 N–H and O–H groups in total. The molecule has 0 atom stereocenters. The molecule has 31 heavy (non-hydrogen) atoms. The number of benzene rings is 3. The molecule has 0 unspecified atom stereocenters. The van der Waals surface area contributed by atoms with Crippen molar-refractivity contribution in [3.05, 3.63) is 90.2 Å². The number of hydrazone groups is 1. The van der Waals surface area contributed by atoms with Crippen LogP contribution in [0.25, 0.3) is 0 Å². The van der Waals surface area contributed by atoms with Gasteiger partial charge in [0.1, 0.15) is 18.1 Å². The van der Waals surface area contributed by atoms with Crippen molar-refractivity contribution in [1.29, 1.82) is 0 Å². The minimum atomic E-state index is -4.06. The number of carbonyl (C=O) groups is 1. The summed E-state index contributed by atoms with van der Waals surface area (Å²) < 4.78 is 45.8. The molecule has 3 aromatic rings. The molecular formula is C22H20FN3O4S. The first-order valence-electron chi connectivity index (χ1n) is 9.20. The van der Waals surface area contributed by atoms with Crippen molar-refractivity contribution < 1.29 is 22.3 Å². The smallest absolute Gasteiger partial charge is 0.264 e. The quantitative estimate of drug-likeness (QED) is 0.430. The topological polar surface area (TPSA) is 88.1 Å². The van der Waals surface area contributed by atoms with Crippen molar-refractivity contribution in [3.63, 3.8) is 0 Å². The van der Waals surface area contributed by atoms with Crippen molar-refractivity contribution >= 4 is 27.8 Å². The van der Waals surface area contributed by atoms with E-state index < -0.39 is 22.5 Å². The predicted octanol–water partition coefficient (Wildman–Crippen LogP) is 3.18. The Hall–Kier alpha value is -3.72. The summed E-state index contributed by atoms with van der Waals surface area (Å²) in [5.41, 5.74) is 3.08. The fourth-order valence-corrected chi connectivity index (χ4v) is 4.20. The highest BCUT2D eigenvalue weighted by atomic mass is 32.2. The molecule has 3 aromatic carbocycles. The summed E-state index contributed by atoms with van der Waals surface area (Å²) in [6.07, 6.45) is 1.33. The molecule has 0 saturated carbocycles. The molecule has 160 valence electrons. The van der Waals surface area contributed by atoms with Gasteiger partial charge in [-0.3, -0.25) is 9.10 Å². The van der Waals surface area contributed by atoms with E-state index in [2.05, 4.69) is 10.5 Å². The van der Waals surface area contributed by atoms with E-state index >= 15 is 0 Å².